The number of piperazine rings is 1. The Bertz CT molecular complexity index is 563. The van der Waals surface area contributed by atoms with Crippen molar-refractivity contribution in [3.05, 3.63) is 16.0 Å². The third-order valence-electron chi connectivity index (χ3n) is 4.26. The lowest BCUT2D eigenvalue weighted by molar-refractivity contribution is -0.896. The van der Waals surface area contributed by atoms with Crippen LogP contribution in [-0.4, -0.2) is 56.0 Å². The number of aryl methyl sites for hydroxylation is 1. The highest BCUT2D eigenvalue weighted by Crippen LogP contribution is 2.31. The van der Waals surface area contributed by atoms with E-state index >= 15 is 0 Å². The van der Waals surface area contributed by atoms with Crippen molar-refractivity contribution in [2.45, 2.75) is 20.8 Å². The van der Waals surface area contributed by atoms with Crippen molar-refractivity contribution in [3.8, 4) is 0 Å². The molecular weight excluding hydrogens is 302 g/mol. The minimum Gasteiger partial charge on any atom is -0.545 e. The van der Waals surface area contributed by atoms with E-state index in [4.69, 9.17) is 0 Å². The van der Waals surface area contributed by atoms with E-state index in [2.05, 4.69) is 17.1 Å². The molecule has 1 aromatic rings. The quantitative estimate of drug-likeness (QED) is 0.720. The summed E-state index contributed by atoms with van der Waals surface area (Å²) in [6.45, 7) is 11.0. The van der Waals surface area contributed by atoms with E-state index in [1.54, 1.807) is 6.92 Å². The molecule has 6 nitrogen and oxygen atoms in total. The standard InChI is InChI=1S/C15H23N3O3S/c1-4-17-5-7-18(8-6-17)9-12(19)16-14-13(15(20)21)10(2)11(3)22-14/h4-9H2,1-3H3,(H,16,19)(H,20,21). The lowest BCUT2D eigenvalue weighted by atomic mass is 10.1. The topological polar surface area (TPSA) is 76.9 Å². The number of aromatic carboxylic acids is 1. The molecular formula is C15H23N3O3S. The molecule has 22 heavy (non-hydrogen) atoms. The molecule has 122 valence electrons. The normalized spacial score (nSPS) is 16.7. The number of anilines is 1. The van der Waals surface area contributed by atoms with Gasteiger partial charge in [-0.25, -0.2) is 0 Å². The number of carboxylic acid groups (broad SMARTS) is 1. The first-order valence-electron chi connectivity index (χ1n) is 7.59. The maximum absolute atomic E-state index is 12.2. The van der Waals surface area contributed by atoms with Crippen LogP contribution < -0.4 is 15.3 Å². The molecule has 7 heteroatoms. The fourth-order valence-corrected chi connectivity index (χ4v) is 3.79. The lowest BCUT2D eigenvalue weighted by Gasteiger charge is -2.30. The molecule has 0 spiro atoms. The molecule has 1 aliphatic heterocycles. The molecule has 2 N–H and O–H groups in total. The van der Waals surface area contributed by atoms with E-state index in [1.165, 1.54) is 16.2 Å². The van der Waals surface area contributed by atoms with Crippen molar-refractivity contribution < 1.29 is 19.6 Å². The fourth-order valence-electron chi connectivity index (χ4n) is 2.72. The number of amides is 1. The van der Waals surface area contributed by atoms with Crippen LogP contribution >= 0.6 is 11.3 Å². The van der Waals surface area contributed by atoms with Crippen molar-refractivity contribution in [2.24, 2.45) is 0 Å². The molecule has 1 amide bonds. The Hall–Kier alpha value is -1.44. The highest BCUT2D eigenvalue weighted by molar-refractivity contribution is 7.16. The Morgan fingerprint density at radius 2 is 1.95 bits per heavy atom. The Balaban J connectivity index is 1.96. The largest absolute Gasteiger partial charge is 0.545 e. The lowest BCUT2D eigenvalue weighted by Crippen LogP contribution is -3.15. The van der Waals surface area contributed by atoms with E-state index in [0.717, 1.165) is 37.6 Å². The molecule has 1 aliphatic rings. The maximum Gasteiger partial charge on any atom is 0.280 e. The summed E-state index contributed by atoms with van der Waals surface area (Å²) in [5.74, 6) is -1.37. The van der Waals surface area contributed by atoms with Gasteiger partial charge in [0, 0.05) is 23.5 Å². The van der Waals surface area contributed by atoms with Crippen molar-refractivity contribution in [1.29, 1.82) is 0 Å². The van der Waals surface area contributed by atoms with Gasteiger partial charge in [-0.2, -0.15) is 0 Å². The molecule has 2 heterocycles. The van der Waals surface area contributed by atoms with Gasteiger partial charge in [0.1, 0.15) is 5.00 Å². The van der Waals surface area contributed by atoms with Crippen LogP contribution in [0.15, 0.2) is 0 Å². The second kappa shape index (κ2) is 7.21. The molecule has 0 aromatic carbocycles. The average Bonchev–Trinajstić information content (AvgIpc) is 2.74. The highest BCUT2D eigenvalue weighted by atomic mass is 32.1. The Morgan fingerprint density at radius 3 is 2.50 bits per heavy atom. The number of likely N-dealkylation sites (N-methyl/N-ethyl adjacent to an activating group) is 1. The van der Waals surface area contributed by atoms with E-state index in [1.807, 2.05) is 6.92 Å². The number of carboxylic acids is 1. The van der Waals surface area contributed by atoms with Crippen LogP contribution in [0.4, 0.5) is 5.00 Å². The summed E-state index contributed by atoms with van der Waals surface area (Å²) in [7, 11) is 0. The first-order valence-corrected chi connectivity index (χ1v) is 8.41. The molecule has 1 aromatic heterocycles. The second-order valence-electron chi connectivity index (χ2n) is 5.68. The molecule has 0 unspecified atom stereocenters. The van der Waals surface area contributed by atoms with Gasteiger partial charge in [0.15, 0.2) is 6.54 Å². The smallest absolute Gasteiger partial charge is 0.280 e. The molecule has 2 rings (SSSR count). The van der Waals surface area contributed by atoms with E-state index in [9.17, 15) is 14.7 Å². The van der Waals surface area contributed by atoms with Crippen molar-refractivity contribution >= 4 is 28.2 Å². The molecule has 0 saturated carbocycles. The summed E-state index contributed by atoms with van der Waals surface area (Å²) in [4.78, 5) is 27.9. The van der Waals surface area contributed by atoms with Gasteiger partial charge in [-0.3, -0.25) is 9.69 Å². The Kier molecular flexibility index (Phi) is 5.55. The van der Waals surface area contributed by atoms with Crippen LogP contribution in [-0.2, 0) is 4.79 Å². The summed E-state index contributed by atoms with van der Waals surface area (Å²) in [6.07, 6.45) is 0. The number of nitrogens with one attached hydrogen (secondary N) is 2. The number of thiophene rings is 1. The predicted molar refractivity (Wildman–Crippen MR) is 84.4 cm³/mol. The van der Waals surface area contributed by atoms with Gasteiger partial charge in [-0.1, -0.05) is 6.92 Å². The van der Waals surface area contributed by atoms with Crippen molar-refractivity contribution in [2.75, 3.05) is 44.6 Å². The van der Waals surface area contributed by atoms with Crippen LogP contribution in [0, 0.1) is 13.8 Å². The number of nitrogens with zero attached hydrogens (tertiary/aromatic N) is 1. The van der Waals surface area contributed by atoms with Gasteiger partial charge in [-0.05, 0) is 26.0 Å². The number of carbonyl (C=O) groups is 2. The number of hydrogen-bond acceptors (Lipinski definition) is 5. The number of hydrogen-bond donors (Lipinski definition) is 2. The summed E-state index contributed by atoms with van der Waals surface area (Å²) in [6, 6.07) is 0. The minimum absolute atomic E-state index is 0.113. The molecule has 0 radical (unpaired) electrons. The van der Waals surface area contributed by atoms with Crippen LogP contribution in [0.1, 0.15) is 27.7 Å². The first kappa shape index (κ1) is 16.9. The molecule has 0 atom stereocenters. The average molecular weight is 325 g/mol. The second-order valence-corrected chi connectivity index (χ2v) is 6.91. The summed E-state index contributed by atoms with van der Waals surface area (Å²) >= 11 is 1.29. The van der Waals surface area contributed by atoms with Crippen molar-refractivity contribution in [3.63, 3.8) is 0 Å². The molecule has 1 fully saturated rings. The maximum atomic E-state index is 12.2. The number of carbonyl (C=O) groups excluding carboxylic acids is 2. The predicted octanol–water partition coefficient (Wildman–Crippen LogP) is -1.11. The van der Waals surface area contributed by atoms with Crippen LogP contribution in [0.3, 0.4) is 0 Å². The van der Waals surface area contributed by atoms with Gasteiger partial charge in [-0.15, -0.1) is 11.3 Å². The van der Waals surface area contributed by atoms with Gasteiger partial charge in [0.05, 0.1) is 19.1 Å². The van der Waals surface area contributed by atoms with Crippen LogP contribution in [0.5, 0.6) is 0 Å². The van der Waals surface area contributed by atoms with Gasteiger partial charge >= 0.3 is 0 Å². The summed E-state index contributed by atoms with van der Waals surface area (Å²) in [5.41, 5.74) is 0.783. The third-order valence-corrected chi connectivity index (χ3v) is 5.39. The molecule has 1 saturated heterocycles. The Morgan fingerprint density at radius 1 is 1.32 bits per heavy atom. The first-order chi connectivity index (χ1) is 10.4. The Labute approximate surface area is 134 Å². The summed E-state index contributed by atoms with van der Waals surface area (Å²) < 4.78 is 0. The van der Waals surface area contributed by atoms with E-state index < -0.39 is 5.97 Å². The number of quaternary nitrogens is 1. The van der Waals surface area contributed by atoms with Gasteiger partial charge in [0.25, 0.3) is 5.91 Å². The van der Waals surface area contributed by atoms with Gasteiger partial charge < -0.3 is 20.1 Å². The minimum atomic E-state index is -1.24. The van der Waals surface area contributed by atoms with E-state index in [0.29, 0.717) is 17.1 Å². The zero-order chi connectivity index (χ0) is 16.3. The zero-order valence-electron chi connectivity index (χ0n) is 13.3. The van der Waals surface area contributed by atoms with E-state index in [-0.39, 0.29) is 11.5 Å². The molecule has 0 bridgehead atoms. The number of rotatable bonds is 5. The monoisotopic (exact) mass is 325 g/mol. The summed E-state index contributed by atoms with van der Waals surface area (Å²) in [5, 5.41) is 14.4. The van der Waals surface area contributed by atoms with Crippen LogP contribution in [0.2, 0.25) is 0 Å². The van der Waals surface area contributed by atoms with Gasteiger partial charge in [0.2, 0.25) is 0 Å². The SMILES string of the molecule is CCN1CC[NH+](CC(=O)Nc2sc(C)c(C)c2C(=O)[O-])CC1. The third kappa shape index (κ3) is 3.85. The zero-order valence-corrected chi connectivity index (χ0v) is 14.1. The fraction of sp³-hybridized carbons (Fsp3) is 0.600. The highest BCUT2D eigenvalue weighted by Gasteiger charge is 2.22. The van der Waals surface area contributed by atoms with Crippen molar-refractivity contribution in [1.82, 2.24) is 4.90 Å². The van der Waals surface area contributed by atoms with Crippen LogP contribution in [0.25, 0.3) is 0 Å². The molecule has 0 aliphatic carbocycles.